The van der Waals surface area contributed by atoms with Crippen LogP contribution < -0.4 is 0 Å². The van der Waals surface area contributed by atoms with Crippen LogP contribution in [0.25, 0.3) is 0 Å². The quantitative estimate of drug-likeness (QED) is 0.664. The topological polar surface area (TPSA) is 32.8 Å². The molecular formula is C18H38N2O2. The van der Waals surface area contributed by atoms with Crippen LogP contribution in [0.2, 0.25) is 0 Å². The second kappa shape index (κ2) is 9.39. The summed E-state index contributed by atoms with van der Waals surface area (Å²) in [6.07, 6.45) is 3.43. The lowest BCUT2D eigenvalue weighted by atomic mass is 9.86. The molecule has 2 rings (SSSR count). The minimum Gasteiger partial charge on any atom is -0.444 e. The van der Waals surface area contributed by atoms with Crippen LogP contribution in [0, 0.1) is 5.41 Å². The Balaban J connectivity index is 0.000000789. The average Bonchev–Trinajstić information content (AvgIpc) is 2.98. The monoisotopic (exact) mass is 314 g/mol. The third-order valence-corrected chi connectivity index (χ3v) is 3.72. The zero-order valence-corrected chi connectivity index (χ0v) is 16.2. The Bertz CT molecular complexity index is 326. The van der Waals surface area contributed by atoms with E-state index >= 15 is 0 Å². The SMILES string of the molecule is CC.CCC.CN1CCC2(CCN(C(=O)OC(C)(C)C)C2)C1. The highest BCUT2D eigenvalue weighted by Crippen LogP contribution is 2.39. The lowest BCUT2D eigenvalue weighted by Gasteiger charge is -2.26. The summed E-state index contributed by atoms with van der Waals surface area (Å²) in [4.78, 5) is 16.2. The van der Waals surface area contributed by atoms with Gasteiger partial charge in [-0.15, -0.1) is 0 Å². The molecule has 2 saturated heterocycles. The molecule has 0 bridgehead atoms. The lowest BCUT2D eigenvalue weighted by Crippen LogP contribution is -2.37. The second-order valence-corrected chi connectivity index (χ2v) is 7.35. The summed E-state index contributed by atoms with van der Waals surface area (Å²) >= 11 is 0. The van der Waals surface area contributed by atoms with Gasteiger partial charge < -0.3 is 14.5 Å². The van der Waals surface area contributed by atoms with Crippen molar-refractivity contribution in [2.24, 2.45) is 5.41 Å². The number of carbonyl (C=O) groups excluding carboxylic acids is 1. The van der Waals surface area contributed by atoms with Gasteiger partial charge in [0.25, 0.3) is 0 Å². The van der Waals surface area contributed by atoms with Crippen LogP contribution >= 0.6 is 0 Å². The molecule has 2 aliphatic heterocycles. The first-order valence-corrected chi connectivity index (χ1v) is 8.88. The summed E-state index contributed by atoms with van der Waals surface area (Å²) < 4.78 is 5.42. The molecule has 0 aromatic rings. The number of likely N-dealkylation sites (tertiary alicyclic amines) is 2. The number of carbonyl (C=O) groups is 1. The van der Waals surface area contributed by atoms with Crippen LogP contribution in [0.1, 0.15) is 67.7 Å². The van der Waals surface area contributed by atoms with Crippen molar-refractivity contribution in [1.29, 1.82) is 0 Å². The van der Waals surface area contributed by atoms with Gasteiger partial charge in [-0.2, -0.15) is 0 Å². The first-order valence-electron chi connectivity index (χ1n) is 8.88. The van der Waals surface area contributed by atoms with Gasteiger partial charge in [-0.3, -0.25) is 0 Å². The summed E-state index contributed by atoms with van der Waals surface area (Å²) in [5.74, 6) is 0. The van der Waals surface area contributed by atoms with Gasteiger partial charge in [-0.25, -0.2) is 4.79 Å². The molecule has 22 heavy (non-hydrogen) atoms. The molecule has 0 aromatic carbocycles. The van der Waals surface area contributed by atoms with Gasteiger partial charge in [-0.05, 0) is 47.2 Å². The fraction of sp³-hybridized carbons (Fsp3) is 0.944. The predicted octanol–water partition coefficient (Wildman–Crippen LogP) is 4.39. The van der Waals surface area contributed by atoms with Gasteiger partial charge in [0.05, 0.1) is 0 Å². The van der Waals surface area contributed by atoms with Crippen molar-refractivity contribution in [2.45, 2.75) is 73.3 Å². The molecule has 2 aliphatic rings. The van der Waals surface area contributed by atoms with Crippen LogP contribution in [-0.2, 0) is 4.74 Å². The van der Waals surface area contributed by atoms with E-state index in [4.69, 9.17) is 4.74 Å². The molecule has 0 N–H and O–H groups in total. The summed E-state index contributed by atoms with van der Waals surface area (Å²) in [6, 6.07) is 0. The molecule has 2 fully saturated rings. The van der Waals surface area contributed by atoms with Crippen molar-refractivity contribution >= 4 is 6.09 Å². The molecule has 1 atom stereocenters. The van der Waals surface area contributed by atoms with Gasteiger partial charge in [0.15, 0.2) is 0 Å². The van der Waals surface area contributed by atoms with E-state index in [9.17, 15) is 4.79 Å². The Morgan fingerprint density at radius 3 is 2.00 bits per heavy atom. The maximum atomic E-state index is 12.0. The van der Waals surface area contributed by atoms with Gasteiger partial charge in [0.2, 0.25) is 0 Å². The number of hydrogen-bond donors (Lipinski definition) is 0. The Labute approximate surface area is 138 Å². The van der Waals surface area contributed by atoms with E-state index in [1.54, 1.807) is 0 Å². The van der Waals surface area contributed by atoms with Crippen molar-refractivity contribution in [3.05, 3.63) is 0 Å². The van der Waals surface area contributed by atoms with E-state index in [2.05, 4.69) is 25.8 Å². The molecule has 1 amide bonds. The number of rotatable bonds is 0. The Kier molecular flexibility index (Phi) is 9.06. The van der Waals surface area contributed by atoms with Gasteiger partial charge in [0.1, 0.15) is 5.60 Å². The van der Waals surface area contributed by atoms with Crippen LogP contribution in [0.15, 0.2) is 0 Å². The van der Waals surface area contributed by atoms with Crippen molar-refractivity contribution in [3.8, 4) is 0 Å². The molecule has 0 aliphatic carbocycles. The molecule has 1 unspecified atom stereocenters. The largest absolute Gasteiger partial charge is 0.444 e. The van der Waals surface area contributed by atoms with Crippen molar-refractivity contribution < 1.29 is 9.53 Å². The predicted molar refractivity (Wildman–Crippen MR) is 94.3 cm³/mol. The van der Waals surface area contributed by atoms with Crippen LogP contribution in [0.4, 0.5) is 4.79 Å². The molecule has 4 nitrogen and oxygen atoms in total. The van der Waals surface area contributed by atoms with Crippen LogP contribution in [0.3, 0.4) is 0 Å². The molecule has 4 heteroatoms. The van der Waals surface area contributed by atoms with Crippen LogP contribution in [-0.4, -0.2) is 54.7 Å². The number of hydrogen-bond acceptors (Lipinski definition) is 3. The van der Waals surface area contributed by atoms with E-state index in [0.29, 0.717) is 5.41 Å². The minimum absolute atomic E-state index is 0.149. The van der Waals surface area contributed by atoms with Gasteiger partial charge in [0, 0.05) is 25.0 Å². The second-order valence-electron chi connectivity index (χ2n) is 7.35. The average molecular weight is 315 g/mol. The Morgan fingerprint density at radius 1 is 1.09 bits per heavy atom. The first-order chi connectivity index (χ1) is 10.2. The Morgan fingerprint density at radius 2 is 1.59 bits per heavy atom. The molecule has 0 radical (unpaired) electrons. The fourth-order valence-electron chi connectivity index (χ4n) is 2.91. The van der Waals surface area contributed by atoms with E-state index < -0.39 is 0 Å². The summed E-state index contributed by atoms with van der Waals surface area (Å²) in [5.41, 5.74) is -0.0506. The van der Waals surface area contributed by atoms with E-state index in [-0.39, 0.29) is 11.7 Å². The van der Waals surface area contributed by atoms with Crippen LogP contribution in [0.5, 0.6) is 0 Å². The highest BCUT2D eigenvalue weighted by molar-refractivity contribution is 5.68. The molecule has 2 heterocycles. The van der Waals surface area contributed by atoms with Crippen molar-refractivity contribution in [2.75, 3.05) is 33.2 Å². The maximum Gasteiger partial charge on any atom is 0.410 e. The highest BCUT2D eigenvalue weighted by Gasteiger charge is 2.44. The summed E-state index contributed by atoms with van der Waals surface area (Å²) in [6.45, 7) is 18.0. The Hall–Kier alpha value is -0.770. The minimum atomic E-state index is -0.390. The van der Waals surface area contributed by atoms with E-state index in [1.165, 1.54) is 12.8 Å². The lowest BCUT2D eigenvalue weighted by molar-refractivity contribution is 0.0274. The molecule has 0 saturated carbocycles. The maximum absolute atomic E-state index is 12.0. The number of amides is 1. The summed E-state index contributed by atoms with van der Waals surface area (Å²) in [5, 5.41) is 0. The van der Waals surface area contributed by atoms with E-state index in [1.807, 2.05) is 39.5 Å². The molecule has 0 aromatic heterocycles. The highest BCUT2D eigenvalue weighted by atomic mass is 16.6. The summed E-state index contributed by atoms with van der Waals surface area (Å²) in [7, 11) is 2.16. The molecular weight excluding hydrogens is 276 g/mol. The smallest absolute Gasteiger partial charge is 0.410 e. The van der Waals surface area contributed by atoms with Crippen molar-refractivity contribution in [3.63, 3.8) is 0 Å². The van der Waals surface area contributed by atoms with Gasteiger partial charge in [-0.1, -0.05) is 34.1 Å². The first kappa shape index (κ1) is 21.2. The third kappa shape index (κ3) is 6.99. The number of ether oxygens (including phenoxy) is 1. The standard InChI is InChI=1S/C13H24N2O2.C3H8.C2H6/c1-12(2,3)17-11(16)15-8-6-13(10-15)5-7-14(4)9-13;1-3-2;1-2/h5-10H2,1-4H3;3H2,1-2H3;1-2H3. The third-order valence-electron chi connectivity index (χ3n) is 3.72. The molecule has 1 spiro atoms. The van der Waals surface area contributed by atoms with Crippen molar-refractivity contribution in [1.82, 2.24) is 9.80 Å². The fourth-order valence-corrected chi connectivity index (χ4v) is 2.91. The zero-order chi connectivity index (χ0) is 17.4. The zero-order valence-electron chi connectivity index (χ0n) is 16.2. The molecule has 132 valence electrons. The van der Waals surface area contributed by atoms with E-state index in [0.717, 1.165) is 32.6 Å². The normalized spacial score (nSPS) is 24.5. The number of nitrogens with zero attached hydrogens (tertiary/aromatic N) is 2. The van der Waals surface area contributed by atoms with Gasteiger partial charge >= 0.3 is 6.09 Å².